The standard InChI is InChI=1S/C20H31N5O2.HI/c1-7-10-27-18-9-8-16(11-19(18)26-6)12-22-20(21-4)23-13-17-14(2)24-25(5)15(17)3;/h8-9,11H,7,10,12-13H2,1-6H3,(H2,21,22,23);1H. The highest BCUT2D eigenvalue weighted by molar-refractivity contribution is 14.0. The first-order valence-electron chi connectivity index (χ1n) is 9.23. The Kier molecular flexibility index (Phi) is 10.1. The van der Waals surface area contributed by atoms with Gasteiger partial charge < -0.3 is 20.1 Å². The molecule has 0 amide bonds. The quantitative estimate of drug-likeness (QED) is 0.330. The van der Waals surface area contributed by atoms with E-state index in [1.807, 2.05) is 36.9 Å². The van der Waals surface area contributed by atoms with Crippen molar-refractivity contribution >= 4 is 29.9 Å². The molecule has 1 aromatic carbocycles. The predicted octanol–water partition coefficient (Wildman–Crippen LogP) is 3.32. The Balaban J connectivity index is 0.00000392. The number of ether oxygens (including phenoxy) is 2. The lowest BCUT2D eigenvalue weighted by Gasteiger charge is -2.14. The van der Waals surface area contributed by atoms with Gasteiger partial charge in [-0.3, -0.25) is 9.67 Å². The summed E-state index contributed by atoms with van der Waals surface area (Å²) in [6, 6.07) is 5.97. The maximum absolute atomic E-state index is 5.70. The molecule has 0 fully saturated rings. The summed E-state index contributed by atoms with van der Waals surface area (Å²) in [7, 11) is 5.38. The van der Waals surface area contributed by atoms with E-state index in [-0.39, 0.29) is 24.0 Å². The van der Waals surface area contributed by atoms with Crippen molar-refractivity contribution in [3.8, 4) is 11.5 Å². The zero-order valence-electron chi connectivity index (χ0n) is 17.6. The normalized spacial score (nSPS) is 11.0. The number of benzene rings is 1. The van der Waals surface area contributed by atoms with Crippen molar-refractivity contribution in [2.45, 2.75) is 40.3 Å². The van der Waals surface area contributed by atoms with Crippen molar-refractivity contribution in [3.05, 3.63) is 40.7 Å². The Labute approximate surface area is 184 Å². The van der Waals surface area contributed by atoms with Crippen molar-refractivity contribution in [3.63, 3.8) is 0 Å². The minimum absolute atomic E-state index is 0. The predicted molar refractivity (Wildman–Crippen MR) is 124 cm³/mol. The maximum atomic E-state index is 5.70. The molecule has 0 saturated carbocycles. The lowest BCUT2D eigenvalue weighted by atomic mass is 10.2. The number of guanidine groups is 1. The highest BCUT2D eigenvalue weighted by Gasteiger charge is 2.10. The summed E-state index contributed by atoms with van der Waals surface area (Å²) in [5.41, 5.74) is 4.47. The number of aromatic nitrogens is 2. The number of nitrogens with one attached hydrogen (secondary N) is 2. The van der Waals surface area contributed by atoms with Crippen molar-refractivity contribution in [2.75, 3.05) is 20.8 Å². The lowest BCUT2D eigenvalue weighted by molar-refractivity contribution is 0.294. The van der Waals surface area contributed by atoms with Crippen LogP contribution >= 0.6 is 24.0 Å². The first-order valence-corrected chi connectivity index (χ1v) is 9.23. The second-order valence-corrected chi connectivity index (χ2v) is 6.39. The molecule has 0 bridgehead atoms. The molecule has 28 heavy (non-hydrogen) atoms. The molecular formula is C20H32IN5O2. The topological polar surface area (TPSA) is 72.7 Å². The minimum atomic E-state index is 0. The Hall–Kier alpha value is -1.97. The molecule has 2 aromatic rings. The molecule has 0 unspecified atom stereocenters. The Morgan fingerprint density at radius 1 is 1.18 bits per heavy atom. The van der Waals surface area contributed by atoms with Crippen molar-refractivity contribution in [1.82, 2.24) is 20.4 Å². The SMILES string of the molecule is CCCOc1ccc(CNC(=NC)NCc2c(C)nn(C)c2C)cc1OC.I. The van der Waals surface area contributed by atoms with Gasteiger partial charge in [0, 0.05) is 38.4 Å². The van der Waals surface area contributed by atoms with E-state index in [0.29, 0.717) is 19.7 Å². The molecule has 7 nitrogen and oxygen atoms in total. The van der Waals surface area contributed by atoms with Crippen LogP contribution in [-0.2, 0) is 20.1 Å². The number of rotatable bonds is 8. The van der Waals surface area contributed by atoms with Gasteiger partial charge in [0.1, 0.15) is 0 Å². The molecule has 0 spiro atoms. The lowest BCUT2D eigenvalue weighted by Crippen LogP contribution is -2.36. The van der Waals surface area contributed by atoms with Crippen LogP contribution in [-0.4, -0.2) is 36.5 Å². The van der Waals surface area contributed by atoms with Gasteiger partial charge >= 0.3 is 0 Å². The number of hydrogen-bond acceptors (Lipinski definition) is 4. The molecule has 0 aliphatic carbocycles. The van der Waals surface area contributed by atoms with E-state index in [0.717, 1.165) is 40.8 Å². The van der Waals surface area contributed by atoms with E-state index in [1.165, 1.54) is 5.56 Å². The number of aliphatic imine (C=N–C) groups is 1. The molecular weight excluding hydrogens is 469 g/mol. The average Bonchev–Trinajstić information content (AvgIpc) is 2.92. The van der Waals surface area contributed by atoms with Gasteiger partial charge in [0.2, 0.25) is 0 Å². The third kappa shape index (κ3) is 6.29. The fraction of sp³-hybridized carbons (Fsp3) is 0.500. The Bertz CT molecular complexity index is 789. The third-order valence-electron chi connectivity index (χ3n) is 4.46. The van der Waals surface area contributed by atoms with Crippen molar-refractivity contribution < 1.29 is 9.47 Å². The van der Waals surface area contributed by atoms with E-state index in [9.17, 15) is 0 Å². The van der Waals surface area contributed by atoms with Crippen LogP contribution in [0.1, 0.15) is 35.9 Å². The van der Waals surface area contributed by atoms with E-state index >= 15 is 0 Å². The maximum Gasteiger partial charge on any atom is 0.191 e. The van der Waals surface area contributed by atoms with Gasteiger partial charge in [-0.15, -0.1) is 24.0 Å². The molecule has 156 valence electrons. The van der Waals surface area contributed by atoms with Gasteiger partial charge in [0.05, 0.1) is 19.4 Å². The van der Waals surface area contributed by atoms with Crippen molar-refractivity contribution in [1.29, 1.82) is 0 Å². The van der Waals surface area contributed by atoms with Gasteiger partial charge in [0.25, 0.3) is 0 Å². The molecule has 0 aliphatic rings. The Morgan fingerprint density at radius 3 is 2.46 bits per heavy atom. The van der Waals surface area contributed by atoms with Crippen molar-refractivity contribution in [2.24, 2.45) is 12.0 Å². The second kappa shape index (κ2) is 11.8. The van der Waals surface area contributed by atoms with E-state index < -0.39 is 0 Å². The number of methoxy groups -OCH3 is 1. The van der Waals surface area contributed by atoms with Crippen LogP contribution in [0.3, 0.4) is 0 Å². The minimum Gasteiger partial charge on any atom is -0.493 e. The zero-order valence-corrected chi connectivity index (χ0v) is 20.0. The van der Waals surface area contributed by atoms with Crippen LogP contribution in [0.2, 0.25) is 0 Å². The molecule has 0 radical (unpaired) electrons. The number of nitrogens with zero attached hydrogens (tertiary/aromatic N) is 3. The molecule has 1 heterocycles. The number of hydrogen-bond donors (Lipinski definition) is 2. The molecule has 2 rings (SSSR count). The summed E-state index contributed by atoms with van der Waals surface area (Å²) in [4.78, 5) is 4.30. The van der Waals surface area contributed by atoms with Crippen LogP contribution in [0, 0.1) is 13.8 Å². The van der Waals surface area contributed by atoms with Gasteiger partial charge in [-0.2, -0.15) is 5.10 Å². The summed E-state index contributed by atoms with van der Waals surface area (Å²) < 4.78 is 13.0. The summed E-state index contributed by atoms with van der Waals surface area (Å²) in [5, 5.41) is 11.1. The highest BCUT2D eigenvalue weighted by atomic mass is 127. The van der Waals surface area contributed by atoms with Gasteiger partial charge in [-0.1, -0.05) is 13.0 Å². The van der Waals surface area contributed by atoms with Gasteiger partial charge in [0.15, 0.2) is 17.5 Å². The first-order chi connectivity index (χ1) is 13.0. The fourth-order valence-corrected chi connectivity index (χ4v) is 2.81. The smallest absolute Gasteiger partial charge is 0.191 e. The molecule has 2 N–H and O–H groups in total. The molecule has 0 aliphatic heterocycles. The molecule has 0 saturated heterocycles. The average molecular weight is 501 g/mol. The third-order valence-corrected chi connectivity index (χ3v) is 4.46. The first kappa shape index (κ1) is 24.1. The highest BCUT2D eigenvalue weighted by Crippen LogP contribution is 2.28. The van der Waals surface area contributed by atoms with Crippen LogP contribution in [0.5, 0.6) is 11.5 Å². The molecule has 1 aromatic heterocycles. The fourth-order valence-electron chi connectivity index (χ4n) is 2.81. The van der Waals surface area contributed by atoms with Crippen LogP contribution < -0.4 is 20.1 Å². The number of halogens is 1. The summed E-state index contributed by atoms with van der Waals surface area (Å²) in [6.07, 6.45) is 0.963. The summed E-state index contributed by atoms with van der Waals surface area (Å²) >= 11 is 0. The molecule has 0 atom stereocenters. The molecule has 8 heteroatoms. The van der Waals surface area contributed by atoms with E-state index in [4.69, 9.17) is 9.47 Å². The van der Waals surface area contributed by atoms with E-state index in [1.54, 1.807) is 14.2 Å². The largest absolute Gasteiger partial charge is 0.493 e. The van der Waals surface area contributed by atoms with Crippen LogP contribution in [0.25, 0.3) is 0 Å². The van der Waals surface area contributed by atoms with Crippen LogP contribution in [0.4, 0.5) is 0 Å². The number of aryl methyl sites for hydroxylation is 2. The zero-order chi connectivity index (χ0) is 19.8. The second-order valence-electron chi connectivity index (χ2n) is 6.39. The summed E-state index contributed by atoms with van der Waals surface area (Å²) in [6.45, 7) is 8.17. The van der Waals surface area contributed by atoms with Crippen LogP contribution in [0.15, 0.2) is 23.2 Å². The monoisotopic (exact) mass is 501 g/mol. The van der Waals surface area contributed by atoms with E-state index in [2.05, 4.69) is 34.6 Å². The Morgan fingerprint density at radius 2 is 1.89 bits per heavy atom. The summed E-state index contributed by atoms with van der Waals surface area (Å²) in [5.74, 6) is 2.25. The van der Waals surface area contributed by atoms with Gasteiger partial charge in [-0.05, 0) is 38.0 Å². The van der Waals surface area contributed by atoms with Gasteiger partial charge in [-0.25, -0.2) is 0 Å².